The highest BCUT2D eigenvalue weighted by Crippen LogP contribution is 2.53. The third-order valence-corrected chi connectivity index (χ3v) is 7.34. The molecule has 2 aromatic rings. The van der Waals surface area contributed by atoms with E-state index in [1.807, 2.05) is 0 Å². The van der Waals surface area contributed by atoms with Crippen LogP contribution < -0.4 is 15.2 Å². The number of phenols is 1. The van der Waals surface area contributed by atoms with Gasteiger partial charge in [-0.3, -0.25) is 14.4 Å². The molecule has 0 bridgehead atoms. The molecule has 1 fully saturated rings. The monoisotopic (exact) mass is 509 g/mol. The summed E-state index contributed by atoms with van der Waals surface area (Å²) in [5.41, 5.74) is 2.92. The van der Waals surface area contributed by atoms with E-state index < -0.39 is 58.4 Å². The van der Waals surface area contributed by atoms with Gasteiger partial charge in [-0.15, -0.1) is 0 Å². The minimum Gasteiger partial charge on any atom is -0.508 e. The highest BCUT2D eigenvalue weighted by Gasteiger charge is 2.60. The van der Waals surface area contributed by atoms with Gasteiger partial charge in [0, 0.05) is 24.1 Å². The van der Waals surface area contributed by atoms with Crippen LogP contribution in [0, 0.1) is 11.8 Å². The number of carbonyl (C=O) groups is 3. The van der Waals surface area contributed by atoms with Gasteiger partial charge < -0.3 is 35.6 Å². The lowest BCUT2D eigenvalue weighted by Crippen LogP contribution is -2.58. The molecule has 1 aromatic carbocycles. The predicted octanol–water partition coefficient (Wildman–Crippen LogP) is 0.898. The number of aliphatic hydroxyl groups is 3. The van der Waals surface area contributed by atoms with Gasteiger partial charge >= 0.3 is 6.01 Å². The molecule has 1 saturated carbocycles. The molecule has 1 heterocycles. The van der Waals surface area contributed by atoms with Crippen LogP contribution >= 0.6 is 0 Å². The van der Waals surface area contributed by atoms with Crippen molar-refractivity contribution in [2.45, 2.75) is 24.9 Å². The SMILES string of the molecule is COc1ncc(-c2ccc(O)c3c2CC2CC4CC(=O)C(C(N)=O)=C(O)[C@@]4(O)C(=O)C2=C3O)c(OC)n1. The van der Waals surface area contributed by atoms with Crippen molar-refractivity contribution >= 4 is 23.2 Å². The fourth-order valence-corrected chi connectivity index (χ4v) is 5.66. The summed E-state index contributed by atoms with van der Waals surface area (Å²) in [6.45, 7) is 0. The zero-order valence-electron chi connectivity index (χ0n) is 19.8. The zero-order valence-corrected chi connectivity index (χ0v) is 19.8. The summed E-state index contributed by atoms with van der Waals surface area (Å²) in [7, 11) is 2.81. The van der Waals surface area contributed by atoms with Gasteiger partial charge in [0.05, 0.1) is 25.3 Å². The first-order chi connectivity index (χ1) is 17.5. The quantitative estimate of drug-likeness (QED) is 0.366. The summed E-state index contributed by atoms with van der Waals surface area (Å²) < 4.78 is 10.4. The minimum atomic E-state index is -2.62. The summed E-state index contributed by atoms with van der Waals surface area (Å²) in [6, 6.07) is 2.99. The van der Waals surface area contributed by atoms with Crippen molar-refractivity contribution in [2.24, 2.45) is 17.6 Å². The zero-order chi connectivity index (χ0) is 26.8. The summed E-state index contributed by atoms with van der Waals surface area (Å²) in [5, 5.41) is 43.9. The fourth-order valence-electron chi connectivity index (χ4n) is 5.66. The smallest absolute Gasteiger partial charge is 0.319 e. The number of aromatic hydroxyl groups is 1. The Labute approximate surface area is 209 Å². The Morgan fingerprint density at radius 2 is 1.84 bits per heavy atom. The number of fused-ring (bicyclic) bond motifs is 3. The number of aromatic nitrogens is 2. The predicted molar refractivity (Wildman–Crippen MR) is 126 cm³/mol. The molecule has 12 heteroatoms. The van der Waals surface area contributed by atoms with Crippen molar-refractivity contribution in [3.8, 4) is 28.8 Å². The molecule has 3 aliphatic carbocycles. The Hall–Kier alpha value is -4.45. The second-order valence-electron chi connectivity index (χ2n) is 9.17. The van der Waals surface area contributed by atoms with Crippen LogP contribution in [-0.4, -0.2) is 67.7 Å². The van der Waals surface area contributed by atoms with Gasteiger partial charge in [0.15, 0.2) is 11.4 Å². The van der Waals surface area contributed by atoms with Crippen LogP contribution in [0.3, 0.4) is 0 Å². The Kier molecular flexibility index (Phi) is 5.44. The van der Waals surface area contributed by atoms with Gasteiger partial charge in [-0.2, -0.15) is 4.98 Å². The number of benzene rings is 1. The number of rotatable bonds is 4. The standard InChI is InChI=1S/C25H23N3O9/c1-36-23-13(8-27-24(28-23)37-2)11-3-4-14(29)17-12(11)6-9-5-10-7-15(30)18(22(26)34)21(33)25(10,35)20(32)16(9)19(17)31/h3-4,8-10,29,31,33,35H,5-7H2,1-2H3,(H2,26,34)/t9?,10?,25-/m0/s1. The average molecular weight is 509 g/mol. The van der Waals surface area contributed by atoms with E-state index in [9.17, 15) is 34.8 Å². The van der Waals surface area contributed by atoms with E-state index in [-0.39, 0.29) is 41.6 Å². The van der Waals surface area contributed by atoms with Gasteiger partial charge in [-0.25, -0.2) is 4.98 Å². The maximum Gasteiger partial charge on any atom is 0.319 e. The van der Waals surface area contributed by atoms with Crippen molar-refractivity contribution in [3.05, 3.63) is 46.4 Å². The molecule has 0 saturated heterocycles. The number of aliphatic hydroxyl groups excluding tert-OH is 2. The van der Waals surface area contributed by atoms with E-state index in [2.05, 4.69) is 9.97 Å². The topological polar surface area (TPSA) is 202 Å². The van der Waals surface area contributed by atoms with Crippen molar-refractivity contribution in [2.75, 3.05) is 14.2 Å². The van der Waals surface area contributed by atoms with E-state index in [4.69, 9.17) is 15.2 Å². The Morgan fingerprint density at radius 3 is 2.49 bits per heavy atom. The molecule has 0 spiro atoms. The number of ketones is 2. The first-order valence-corrected chi connectivity index (χ1v) is 11.3. The summed E-state index contributed by atoms with van der Waals surface area (Å²) in [6.07, 6.45) is 1.23. The number of nitrogens with zero attached hydrogens (tertiary/aromatic N) is 2. The molecule has 12 nitrogen and oxygen atoms in total. The fraction of sp³-hybridized carbons (Fsp3) is 0.320. The van der Waals surface area contributed by atoms with Gasteiger partial charge in [-0.1, -0.05) is 6.07 Å². The molecule has 0 aliphatic heterocycles. The summed E-state index contributed by atoms with van der Waals surface area (Å²) in [5.74, 6) is -6.69. The van der Waals surface area contributed by atoms with E-state index in [1.54, 1.807) is 6.07 Å². The Balaban J connectivity index is 1.71. The molecule has 1 aromatic heterocycles. The summed E-state index contributed by atoms with van der Waals surface area (Å²) in [4.78, 5) is 46.2. The molecule has 3 aliphatic rings. The van der Waals surface area contributed by atoms with Crippen molar-refractivity contribution in [1.82, 2.24) is 9.97 Å². The van der Waals surface area contributed by atoms with E-state index in [0.29, 0.717) is 16.7 Å². The lowest BCUT2D eigenvalue weighted by atomic mass is 9.59. The van der Waals surface area contributed by atoms with Crippen LogP contribution in [0.1, 0.15) is 24.0 Å². The molecule has 0 radical (unpaired) electrons. The van der Waals surface area contributed by atoms with Crippen LogP contribution in [0.5, 0.6) is 17.6 Å². The molecular formula is C25H23N3O9. The number of carbonyl (C=O) groups excluding carboxylic acids is 3. The molecule has 1 amide bonds. The number of phenolic OH excluding ortho intramolecular Hbond substituents is 1. The summed E-state index contributed by atoms with van der Waals surface area (Å²) >= 11 is 0. The second kappa shape index (κ2) is 8.30. The molecule has 2 unspecified atom stereocenters. The third kappa shape index (κ3) is 3.29. The Bertz CT molecular complexity index is 1460. The van der Waals surface area contributed by atoms with Crippen molar-refractivity contribution in [3.63, 3.8) is 0 Å². The van der Waals surface area contributed by atoms with Gasteiger partial charge in [-0.05, 0) is 36.0 Å². The number of ether oxygens (including phenoxy) is 2. The van der Waals surface area contributed by atoms with Gasteiger partial charge in [0.25, 0.3) is 5.91 Å². The molecule has 37 heavy (non-hydrogen) atoms. The van der Waals surface area contributed by atoms with Crippen LogP contribution in [0.4, 0.5) is 0 Å². The number of amides is 1. The lowest BCUT2D eigenvalue weighted by Gasteiger charge is -2.46. The molecule has 6 N–H and O–H groups in total. The number of primary amides is 1. The molecule has 5 rings (SSSR count). The average Bonchev–Trinajstić information content (AvgIpc) is 2.85. The van der Waals surface area contributed by atoms with Gasteiger partial charge in [0.1, 0.15) is 22.8 Å². The van der Waals surface area contributed by atoms with Crippen molar-refractivity contribution < 1.29 is 44.3 Å². The molecular weight excluding hydrogens is 486 g/mol. The Morgan fingerprint density at radius 1 is 1.11 bits per heavy atom. The highest BCUT2D eigenvalue weighted by molar-refractivity contribution is 6.22. The van der Waals surface area contributed by atoms with E-state index in [1.165, 1.54) is 26.5 Å². The van der Waals surface area contributed by atoms with Gasteiger partial charge in [0.2, 0.25) is 11.7 Å². The first-order valence-electron chi connectivity index (χ1n) is 11.3. The van der Waals surface area contributed by atoms with Crippen LogP contribution in [0.25, 0.3) is 16.9 Å². The maximum absolute atomic E-state index is 13.6. The minimum absolute atomic E-state index is 0.0221. The maximum atomic E-state index is 13.6. The van der Waals surface area contributed by atoms with Crippen LogP contribution in [-0.2, 0) is 20.8 Å². The number of methoxy groups -OCH3 is 2. The normalized spacial score (nSPS) is 24.8. The number of hydrogen-bond acceptors (Lipinski definition) is 11. The molecule has 3 atom stereocenters. The van der Waals surface area contributed by atoms with Crippen LogP contribution in [0.2, 0.25) is 0 Å². The third-order valence-electron chi connectivity index (χ3n) is 7.34. The van der Waals surface area contributed by atoms with E-state index in [0.717, 1.165) is 0 Å². The number of Topliss-reactive ketones (excluding diaryl/α,β-unsaturated/α-hetero) is 2. The van der Waals surface area contributed by atoms with Crippen LogP contribution in [0.15, 0.2) is 35.2 Å². The first kappa shape index (κ1) is 24.3. The lowest BCUT2D eigenvalue weighted by molar-refractivity contribution is -0.147. The number of hydrogen-bond donors (Lipinski definition) is 5. The number of nitrogens with two attached hydrogens (primary N) is 1. The molecule has 192 valence electrons. The van der Waals surface area contributed by atoms with Crippen molar-refractivity contribution in [1.29, 1.82) is 0 Å². The highest BCUT2D eigenvalue weighted by atomic mass is 16.5. The van der Waals surface area contributed by atoms with E-state index >= 15 is 0 Å². The largest absolute Gasteiger partial charge is 0.508 e. The second-order valence-corrected chi connectivity index (χ2v) is 9.17.